The Morgan fingerprint density at radius 3 is 3.00 bits per heavy atom. The predicted molar refractivity (Wildman–Crippen MR) is 43.1 cm³/mol. The number of hydrogen-bond acceptors (Lipinski definition) is 3. The first kappa shape index (κ1) is 7.43. The van der Waals surface area contributed by atoms with Gasteiger partial charge in [-0.15, -0.1) is 11.8 Å². The number of carbonyl (C=O) groups excluding carboxylic acids is 1. The molecular weight excluding hydrogens is 162 g/mol. The van der Waals surface area contributed by atoms with Crippen molar-refractivity contribution < 1.29 is 9.53 Å². The van der Waals surface area contributed by atoms with Crippen molar-refractivity contribution in [3.63, 3.8) is 0 Å². The first-order valence-electron chi connectivity index (χ1n) is 3.67. The van der Waals surface area contributed by atoms with Crippen LogP contribution in [0.3, 0.4) is 0 Å². The summed E-state index contributed by atoms with van der Waals surface area (Å²) >= 11 is 1.75. The number of rotatable bonds is 1. The highest BCUT2D eigenvalue weighted by Crippen LogP contribution is 2.46. The van der Waals surface area contributed by atoms with Crippen LogP contribution in [-0.4, -0.2) is 34.8 Å². The van der Waals surface area contributed by atoms with E-state index in [0.717, 1.165) is 6.54 Å². The van der Waals surface area contributed by atoms with Gasteiger partial charge in [-0.2, -0.15) is 0 Å². The zero-order chi connectivity index (χ0) is 8.06. The number of amides is 1. The molecule has 3 nitrogen and oxygen atoms in total. The molecule has 2 aliphatic heterocycles. The molecular formula is C7H11NO2S. The van der Waals surface area contributed by atoms with E-state index in [-0.39, 0.29) is 10.8 Å². The van der Waals surface area contributed by atoms with Gasteiger partial charge in [0.05, 0.1) is 18.3 Å². The molecule has 0 aromatic heterocycles. The first-order valence-corrected chi connectivity index (χ1v) is 4.55. The second-order valence-corrected chi connectivity index (χ2v) is 4.78. The maximum atomic E-state index is 11.0. The van der Waals surface area contributed by atoms with Gasteiger partial charge in [0.2, 0.25) is 5.91 Å². The Morgan fingerprint density at radius 2 is 2.55 bits per heavy atom. The van der Waals surface area contributed by atoms with E-state index in [1.54, 1.807) is 18.9 Å². The third-order valence-electron chi connectivity index (χ3n) is 2.29. The summed E-state index contributed by atoms with van der Waals surface area (Å²) in [5.74, 6) is 0.267. The molecule has 2 saturated heterocycles. The molecule has 62 valence electrons. The molecule has 0 spiro atoms. The van der Waals surface area contributed by atoms with E-state index in [4.69, 9.17) is 4.74 Å². The standard InChI is InChI=1S/C7H11NO2S/c1-7(10-2)4-8-5(9)3-6(8)11-7/h6H,3-4H2,1-2H3/t6-,7+/m1/s1. The van der Waals surface area contributed by atoms with Gasteiger partial charge in [-0.1, -0.05) is 0 Å². The van der Waals surface area contributed by atoms with E-state index in [2.05, 4.69) is 0 Å². The molecule has 2 heterocycles. The fourth-order valence-corrected chi connectivity index (χ4v) is 2.90. The quantitative estimate of drug-likeness (QED) is 0.545. The average Bonchev–Trinajstić information content (AvgIpc) is 2.25. The Balaban J connectivity index is 2.08. The maximum Gasteiger partial charge on any atom is 0.226 e. The van der Waals surface area contributed by atoms with E-state index in [0.29, 0.717) is 11.8 Å². The van der Waals surface area contributed by atoms with Crippen LogP contribution in [0.2, 0.25) is 0 Å². The number of nitrogens with zero attached hydrogens (tertiary/aromatic N) is 1. The molecule has 1 amide bonds. The van der Waals surface area contributed by atoms with Gasteiger partial charge in [0.1, 0.15) is 4.93 Å². The molecule has 0 bridgehead atoms. The molecule has 0 aromatic rings. The molecule has 2 rings (SSSR count). The third kappa shape index (κ3) is 0.964. The average molecular weight is 173 g/mol. The van der Waals surface area contributed by atoms with E-state index < -0.39 is 0 Å². The zero-order valence-corrected chi connectivity index (χ0v) is 7.48. The van der Waals surface area contributed by atoms with Crippen LogP contribution in [0.1, 0.15) is 13.3 Å². The summed E-state index contributed by atoms with van der Waals surface area (Å²) in [4.78, 5) is 12.7. The smallest absolute Gasteiger partial charge is 0.226 e. The van der Waals surface area contributed by atoms with Crippen molar-refractivity contribution in [1.82, 2.24) is 4.90 Å². The minimum absolute atomic E-state index is 0.156. The molecule has 2 fully saturated rings. The molecule has 0 N–H and O–H groups in total. The summed E-state index contributed by atoms with van der Waals surface area (Å²) in [5, 5.41) is 0.396. The number of fused-ring (bicyclic) bond motifs is 1. The van der Waals surface area contributed by atoms with Crippen molar-refractivity contribution in [2.75, 3.05) is 13.7 Å². The van der Waals surface area contributed by atoms with Crippen molar-refractivity contribution in [3.8, 4) is 0 Å². The van der Waals surface area contributed by atoms with Gasteiger partial charge < -0.3 is 9.64 Å². The summed E-state index contributed by atoms with van der Waals surface area (Å²) in [6.07, 6.45) is 0.698. The van der Waals surface area contributed by atoms with Crippen LogP contribution < -0.4 is 0 Å². The van der Waals surface area contributed by atoms with Gasteiger partial charge in [0.25, 0.3) is 0 Å². The molecule has 0 aliphatic carbocycles. The lowest BCUT2D eigenvalue weighted by Crippen LogP contribution is -2.47. The van der Waals surface area contributed by atoms with E-state index in [9.17, 15) is 4.79 Å². The topological polar surface area (TPSA) is 29.5 Å². The Labute approximate surface area is 70.1 Å². The molecule has 2 aliphatic rings. The van der Waals surface area contributed by atoms with Gasteiger partial charge in [0, 0.05) is 7.11 Å². The van der Waals surface area contributed by atoms with Crippen molar-refractivity contribution in [2.45, 2.75) is 23.7 Å². The van der Waals surface area contributed by atoms with Crippen molar-refractivity contribution >= 4 is 17.7 Å². The summed E-state index contributed by atoms with van der Waals surface area (Å²) in [6.45, 7) is 2.78. The van der Waals surface area contributed by atoms with Crippen LogP contribution in [0.5, 0.6) is 0 Å². The van der Waals surface area contributed by atoms with Crippen LogP contribution in [-0.2, 0) is 9.53 Å². The fourth-order valence-electron chi connectivity index (χ4n) is 1.47. The molecule has 4 heteroatoms. The first-order chi connectivity index (χ1) is 5.14. The Kier molecular flexibility index (Phi) is 1.44. The summed E-state index contributed by atoms with van der Waals surface area (Å²) in [6, 6.07) is 0. The number of carbonyl (C=O) groups is 1. The lowest BCUT2D eigenvalue weighted by Gasteiger charge is -2.32. The van der Waals surface area contributed by atoms with Crippen molar-refractivity contribution in [2.24, 2.45) is 0 Å². The monoisotopic (exact) mass is 173 g/mol. The Hall–Kier alpha value is -0.220. The van der Waals surface area contributed by atoms with Crippen LogP contribution in [0, 0.1) is 0 Å². The molecule has 0 aromatic carbocycles. The highest BCUT2D eigenvalue weighted by Gasteiger charge is 2.50. The number of methoxy groups -OCH3 is 1. The lowest BCUT2D eigenvalue weighted by atomic mass is 10.2. The summed E-state index contributed by atoms with van der Waals surface area (Å²) < 4.78 is 5.30. The second kappa shape index (κ2) is 2.14. The third-order valence-corrected chi connectivity index (χ3v) is 3.78. The highest BCUT2D eigenvalue weighted by atomic mass is 32.2. The maximum absolute atomic E-state index is 11.0. The van der Waals surface area contributed by atoms with Crippen molar-refractivity contribution in [3.05, 3.63) is 0 Å². The van der Waals surface area contributed by atoms with Gasteiger partial charge in [-0.3, -0.25) is 4.79 Å². The van der Waals surface area contributed by atoms with Crippen LogP contribution in [0.15, 0.2) is 0 Å². The van der Waals surface area contributed by atoms with E-state index >= 15 is 0 Å². The molecule has 2 atom stereocenters. The normalized spacial score (nSPS) is 42.2. The van der Waals surface area contributed by atoms with Crippen LogP contribution >= 0.6 is 11.8 Å². The van der Waals surface area contributed by atoms with E-state index in [1.807, 2.05) is 11.8 Å². The number of ether oxygens (including phenoxy) is 1. The number of β-lactam (4-membered cyclic amide) rings is 1. The molecule has 11 heavy (non-hydrogen) atoms. The molecule has 0 radical (unpaired) electrons. The van der Waals surface area contributed by atoms with Gasteiger partial charge in [0.15, 0.2) is 0 Å². The highest BCUT2D eigenvalue weighted by molar-refractivity contribution is 8.01. The van der Waals surface area contributed by atoms with Gasteiger partial charge in [-0.05, 0) is 6.92 Å². The predicted octanol–water partition coefficient (Wildman–Crippen LogP) is 0.654. The summed E-state index contributed by atoms with van der Waals surface area (Å²) in [7, 11) is 1.70. The lowest BCUT2D eigenvalue weighted by molar-refractivity contribution is -0.142. The Morgan fingerprint density at radius 1 is 1.82 bits per heavy atom. The van der Waals surface area contributed by atoms with Crippen LogP contribution in [0.25, 0.3) is 0 Å². The second-order valence-electron chi connectivity index (χ2n) is 3.14. The minimum Gasteiger partial charge on any atom is -0.366 e. The molecule has 0 saturated carbocycles. The zero-order valence-electron chi connectivity index (χ0n) is 6.66. The number of hydrogen-bond donors (Lipinski definition) is 0. The van der Waals surface area contributed by atoms with Crippen molar-refractivity contribution in [1.29, 1.82) is 0 Å². The number of thioether (sulfide) groups is 1. The fraction of sp³-hybridized carbons (Fsp3) is 0.857. The molecule has 0 unspecified atom stereocenters. The van der Waals surface area contributed by atoms with E-state index in [1.165, 1.54) is 0 Å². The SMILES string of the molecule is CO[C@]1(C)CN2C(=O)C[C@H]2S1. The van der Waals surface area contributed by atoms with Gasteiger partial charge in [-0.25, -0.2) is 0 Å². The van der Waals surface area contributed by atoms with Crippen LogP contribution in [0.4, 0.5) is 0 Å². The largest absolute Gasteiger partial charge is 0.366 e. The minimum atomic E-state index is -0.156. The summed E-state index contributed by atoms with van der Waals surface area (Å²) in [5.41, 5.74) is 0. The van der Waals surface area contributed by atoms with Gasteiger partial charge >= 0.3 is 0 Å². The Bertz CT molecular complexity index is 209.